The van der Waals surface area contributed by atoms with E-state index in [9.17, 15) is 8.42 Å². The van der Waals surface area contributed by atoms with Gasteiger partial charge in [0.2, 0.25) is 0 Å². The van der Waals surface area contributed by atoms with Gasteiger partial charge in [0.25, 0.3) is 0 Å². The summed E-state index contributed by atoms with van der Waals surface area (Å²) in [6.45, 7) is 1.58. The van der Waals surface area contributed by atoms with Crippen LogP contribution in [0.25, 0.3) is 0 Å². The minimum atomic E-state index is -2.76. The van der Waals surface area contributed by atoms with Gasteiger partial charge in [0, 0.05) is 13.1 Å². The average Bonchev–Trinajstić information content (AvgIpc) is 2.25. The average molecular weight is 273 g/mol. The molecule has 6 heteroatoms. The molecule has 1 aliphatic heterocycles. The number of guanidine groups is 1. The summed E-state index contributed by atoms with van der Waals surface area (Å²) in [5, 5.41) is 3.12. The van der Waals surface area contributed by atoms with Gasteiger partial charge in [-0.3, -0.25) is 4.99 Å². The highest BCUT2D eigenvalue weighted by atomic mass is 32.2. The highest BCUT2D eigenvalue weighted by Gasteiger charge is 2.23. The second-order valence-electron chi connectivity index (χ2n) is 5.50. The van der Waals surface area contributed by atoms with E-state index in [1.165, 1.54) is 19.3 Å². The molecule has 0 radical (unpaired) electrons. The summed E-state index contributed by atoms with van der Waals surface area (Å²) in [4.78, 5) is 4.32. The van der Waals surface area contributed by atoms with Gasteiger partial charge in [-0.2, -0.15) is 0 Å². The van der Waals surface area contributed by atoms with Crippen molar-refractivity contribution in [2.24, 2.45) is 22.6 Å². The molecule has 2 rings (SSSR count). The maximum absolute atomic E-state index is 11.3. The number of nitrogens with zero attached hydrogens (tertiary/aromatic N) is 1. The van der Waals surface area contributed by atoms with Crippen LogP contribution in [0.2, 0.25) is 0 Å². The Morgan fingerprint density at radius 1 is 1.17 bits per heavy atom. The SMILES string of the molecule is NC(=NCC1CCC1)NCC1CCS(=O)(=O)CC1. The monoisotopic (exact) mass is 273 g/mol. The van der Waals surface area contributed by atoms with Gasteiger partial charge < -0.3 is 11.1 Å². The number of rotatable bonds is 4. The summed E-state index contributed by atoms with van der Waals surface area (Å²) in [5.74, 6) is 2.28. The number of aliphatic imine (C=N–C) groups is 1. The van der Waals surface area contributed by atoms with Gasteiger partial charge in [0.1, 0.15) is 9.84 Å². The molecule has 1 heterocycles. The van der Waals surface area contributed by atoms with Crippen molar-refractivity contribution < 1.29 is 8.42 Å². The molecule has 18 heavy (non-hydrogen) atoms. The van der Waals surface area contributed by atoms with Crippen molar-refractivity contribution in [2.45, 2.75) is 32.1 Å². The van der Waals surface area contributed by atoms with Crippen molar-refractivity contribution in [3.63, 3.8) is 0 Å². The van der Waals surface area contributed by atoms with Gasteiger partial charge in [-0.05, 0) is 37.5 Å². The predicted octanol–water partition coefficient (Wildman–Crippen LogP) is 0.516. The molecule has 0 unspecified atom stereocenters. The summed E-state index contributed by atoms with van der Waals surface area (Å²) in [6, 6.07) is 0. The van der Waals surface area contributed by atoms with E-state index in [0.717, 1.165) is 31.8 Å². The minimum Gasteiger partial charge on any atom is -0.370 e. The van der Waals surface area contributed by atoms with E-state index in [-0.39, 0.29) is 0 Å². The highest BCUT2D eigenvalue weighted by molar-refractivity contribution is 7.91. The first-order valence-corrected chi connectivity index (χ1v) is 8.61. The summed E-state index contributed by atoms with van der Waals surface area (Å²) in [6.07, 6.45) is 5.36. The van der Waals surface area contributed by atoms with Crippen molar-refractivity contribution in [1.82, 2.24) is 5.32 Å². The first kappa shape index (κ1) is 13.6. The molecule has 5 nitrogen and oxygen atoms in total. The topological polar surface area (TPSA) is 84.5 Å². The predicted molar refractivity (Wildman–Crippen MR) is 73.2 cm³/mol. The van der Waals surface area contributed by atoms with Crippen LogP contribution in [-0.2, 0) is 9.84 Å². The Hall–Kier alpha value is -0.780. The zero-order valence-electron chi connectivity index (χ0n) is 10.8. The van der Waals surface area contributed by atoms with Gasteiger partial charge in [0.15, 0.2) is 5.96 Å². The lowest BCUT2D eigenvalue weighted by molar-refractivity contribution is 0.326. The molecule has 1 saturated carbocycles. The molecule has 0 aromatic heterocycles. The largest absolute Gasteiger partial charge is 0.370 e. The van der Waals surface area contributed by atoms with Crippen molar-refractivity contribution in [2.75, 3.05) is 24.6 Å². The number of hydrogen-bond acceptors (Lipinski definition) is 3. The van der Waals surface area contributed by atoms with Crippen LogP contribution < -0.4 is 11.1 Å². The highest BCUT2D eigenvalue weighted by Crippen LogP contribution is 2.26. The second-order valence-corrected chi connectivity index (χ2v) is 7.80. The Bertz CT molecular complexity index is 388. The molecule has 0 spiro atoms. The maximum Gasteiger partial charge on any atom is 0.188 e. The molecule has 0 atom stereocenters. The molecule has 1 aliphatic carbocycles. The van der Waals surface area contributed by atoms with Gasteiger partial charge in [0.05, 0.1) is 11.5 Å². The molecule has 0 aromatic carbocycles. The number of nitrogens with two attached hydrogens (primary N) is 1. The van der Waals surface area contributed by atoms with Crippen LogP contribution in [-0.4, -0.2) is 39.0 Å². The quantitative estimate of drug-likeness (QED) is 0.577. The molecular weight excluding hydrogens is 250 g/mol. The third-order valence-electron chi connectivity index (χ3n) is 3.99. The third kappa shape index (κ3) is 4.15. The molecule has 2 aliphatic rings. The van der Waals surface area contributed by atoms with Crippen LogP contribution in [0.15, 0.2) is 4.99 Å². The van der Waals surface area contributed by atoms with Crippen LogP contribution in [0.4, 0.5) is 0 Å². The number of hydrogen-bond donors (Lipinski definition) is 2. The lowest BCUT2D eigenvalue weighted by Crippen LogP contribution is -2.38. The van der Waals surface area contributed by atoms with Gasteiger partial charge >= 0.3 is 0 Å². The zero-order chi connectivity index (χ0) is 13.0. The van der Waals surface area contributed by atoms with Crippen LogP contribution >= 0.6 is 0 Å². The fraction of sp³-hybridized carbons (Fsp3) is 0.917. The molecule has 104 valence electrons. The Morgan fingerprint density at radius 2 is 1.83 bits per heavy atom. The third-order valence-corrected chi connectivity index (χ3v) is 5.71. The molecule has 0 amide bonds. The Kier molecular flexibility index (Phi) is 4.48. The molecular formula is C12H23N3O2S. The van der Waals surface area contributed by atoms with Gasteiger partial charge in [-0.1, -0.05) is 6.42 Å². The standard InChI is InChI=1S/C12H23N3O2S/c13-12(14-8-10-2-1-3-10)15-9-11-4-6-18(16,17)7-5-11/h10-11H,1-9H2,(H3,13,14,15). The smallest absolute Gasteiger partial charge is 0.188 e. The molecule has 0 aromatic rings. The first-order chi connectivity index (χ1) is 8.55. The Morgan fingerprint density at radius 3 is 2.39 bits per heavy atom. The van der Waals surface area contributed by atoms with E-state index in [4.69, 9.17) is 5.73 Å². The van der Waals surface area contributed by atoms with E-state index < -0.39 is 9.84 Å². The fourth-order valence-electron chi connectivity index (χ4n) is 2.35. The lowest BCUT2D eigenvalue weighted by Gasteiger charge is -2.24. The molecule has 2 fully saturated rings. The molecule has 0 bridgehead atoms. The van der Waals surface area contributed by atoms with E-state index in [0.29, 0.717) is 23.4 Å². The van der Waals surface area contributed by atoms with E-state index in [1.54, 1.807) is 0 Å². The minimum absolute atomic E-state index is 0.318. The Balaban J connectivity index is 1.64. The normalized spacial score (nSPS) is 25.7. The molecule has 1 saturated heterocycles. The number of nitrogens with one attached hydrogen (secondary N) is 1. The lowest BCUT2D eigenvalue weighted by atomic mass is 9.86. The van der Waals surface area contributed by atoms with E-state index in [2.05, 4.69) is 10.3 Å². The van der Waals surface area contributed by atoms with Crippen LogP contribution in [0, 0.1) is 11.8 Å². The van der Waals surface area contributed by atoms with E-state index >= 15 is 0 Å². The number of sulfone groups is 1. The van der Waals surface area contributed by atoms with Crippen molar-refractivity contribution >= 4 is 15.8 Å². The summed E-state index contributed by atoms with van der Waals surface area (Å²) >= 11 is 0. The van der Waals surface area contributed by atoms with Crippen LogP contribution in [0.5, 0.6) is 0 Å². The van der Waals surface area contributed by atoms with Crippen molar-refractivity contribution in [3.05, 3.63) is 0 Å². The summed E-state index contributed by atoms with van der Waals surface area (Å²) in [5.41, 5.74) is 5.79. The fourth-order valence-corrected chi connectivity index (χ4v) is 3.94. The van der Waals surface area contributed by atoms with E-state index in [1.807, 2.05) is 0 Å². The van der Waals surface area contributed by atoms with Crippen molar-refractivity contribution in [1.29, 1.82) is 0 Å². The second kappa shape index (κ2) is 5.91. The first-order valence-electron chi connectivity index (χ1n) is 6.79. The Labute approximate surface area is 109 Å². The summed E-state index contributed by atoms with van der Waals surface area (Å²) in [7, 11) is -2.76. The summed E-state index contributed by atoms with van der Waals surface area (Å²) < 4.78 is 22.6. The van der Waals surface area contributed by atoms with Crippen LogP contribution in [0.3, 0.4) is 0 Å². The van der Waals surface area contributed by atoms with Gasteiger partial charge in [-0.15, -0.1) is 0 Å². The maximum atomic E-state index is 11.3. The van der Waals surface area contributed by atoms with Crippen LogP contribution in [0.1, 0.15) is 32.1 Å². The zero-order valence-corrected chi connectivity index (χ0v) is 11.6. The van der Waals surface area contributed by atoms with Gasteiger partial charge in [-0.25, -0.2) is 8.42 Å². The molecule has 3 N–H and O–H groups in total. The van der Waals surface area contributed by atoms with Crippen molar-refractivity contribution in [3.8, 4) is 0 Å².